The molecule has 5 nitrogen and oxygen atoms in total. The third kappa shape index (κ3) is 2.54. The van der Waals surface area contributed by atoms with Crippen LogP contribution in [-0.4, -0.2) is 37.8 Å². The number of benzene rings is 1. The molecule has 1 saturated heterocycles. The highest BCUT2D eigenvalue weighted by atomic mass is 32.2. The van der Waals surface area contributed by atoms with Gasteiger partial charge in [-0.25, -0.2) is 8.42 Å². The lowest BCUT2D eigenvalue weighted by atomic mass is 10.1. The van der Waals surface area contributed by atoms with Crippen LogP contribution < -0.4 is 4.90 Å². The summed E-state index contributed by atoms with van der Waals surface area (Å²) in [6, 6.07) is 5.23. The van der Waals surface area contributed by atoms with Crippen molar-refractivity contribution in [2.24, 2.45) is 0 Å². The average Bonchev–Trinajstić information content (AvgIpc) is 2.90. The van der Waals surface area contributed by atoms with E-state index in [-0.39, 0.29) is 11.9 Å². The molecule has 6 heteroatoms. The van der Waals surface area contributed by atoms with Crippen molar-refractivity contribution >= 4 is 21.6 Å². The van der Waals surface area contributed by atoms with Crippen LogP contribution in [0, 0.1) is 0 Å². The molecule has 2 aliphatic heterocycles. The molecule has 1 atom stereocenters. The summed E-state index contributed by atoms with van der Waals surface area (Å²) in [5, 5.41) is 0. The molecule has 1 aromatic rings. The standard InChI is InChI=1S/C16H22N2O3S/c1-12-5-3-4-9-18(12)22(20,21)15-7-6-14-8-10-17(13(2)19)16(14)11-15/h6-7,11-12H,3-5,8-10H2,1-2H3/t12-/m0/s1. The van der Waals surface area contributed by atoms with Crippen LogP contribution in [0.2, 0.25) is 0 Å². The maximum atomic E-state index is 12.9. The minimum atomic E-state index is -3.49. The molecule has 0 spiro atoms. The normalized spacial score (nSPS) is 22.6. The van der Waals surface area contributed by atoms with E-state index in [9.17, 15) is 13.2 Å². The molecule has 0 unspecified atom stereocenters. The van der Waals surface area contributed by atoms with E-state index >= 15 is 0 Å². The first-order chi connectivity index (χ1) is 10.4. The number of hydrogen-bond acceptors (Lipinski definition) is 3. The second-order valence-corrected chi connectivity index (χ2v) is 8.06. The zero-order chi connectivity index (χ0) is 15.9. The first-order valence-electron chi connectivity index (χ1n) is 7.84. The first-order valence-corrected chi connectivity index (χ1v) is 9.28. The summed E-state index contributed by atoms with van der Waals surface area (Å²) < 4.78 is 27.4. The van der Waals surface area contributed by atoms with E-state index < -0.39 is 10.0 Å². The summed E-state index contributed by atoms with van der Waals surface area (Å²) in [4.78, 5) is 13.6. The van der Waals surface area contributed by atoms with Gasteiger partial charge in [0.05, 0.1) is 4.90 Å². The van der Waals surface area contributed by atoms with Crippen LogP contribution in [-0.2, 0) is 21.2 Å². The number of fused-ring (bicyclic) bond motifs is 1. The number of nitrogens with zero attached hydrogens (tertiary/aromatic N) is 2. The highest BCUT2D eigenvalue weighted by molar-refractivity contribution is 7.89. The first kappa shape index (κ1) is 15.5. The Hall–Kier alpha value is -1.40. The smallest absolute Gasteiger partial charge is 0.243 e. The summed E-state index contributed by atoms with van der Waals surface area (Å²) in [6.45, 7) is 4.69. The topological polar surface area (TPSA) is 57.7 Å². The number of sulfonamides is 1. The van der Waals surface area contributed by atoms with E-state index in [0.717, 1.165) is 36.9 Å². The highest BCUT2D eigenvalue weighted by Crippen LogP contribution is 2.33. The van der Waals surface area contributed by atoms with E-state index in [1.807, 2.05) is 13.0 Å². The minimum Gasteiger partial charge on any atom is -0.312 e. The molecule has 0 N–H and O–H groups in total. The third-order valence-electron chi connectivity index (χ3n) is 4.68. The van der Waals surface area contributed by atoms with Gasteiger partial charge >= 0.3 is 0 Å². The maximum Gasteiger partial charge on any atom is 0.243 e. The summed E-state index contributed by atoms with van der Waals surface area (Å²) in [6.07, 6.45) is 3.68. The number of amides is 1. The zero-order valence-electron chi connectivity index (χ0n) is 13.1. The van der Waals surface area contributed by atoms with E-state index in [4.69, 9.17) is 0 Å². The minimum absolute atomic E-state index is 0.0379. The molecule has 1 amide bonds. The van der Waals surface area contributed by atoms with E-state index in [1.165, 1.54) is 6.92 Å². The van der Waals surface area contributed by atoms with E-state index in [1.54, 1.807) is 21.3 Å². The van der Waals surface area contributed by atoms with Gasteiger partial charge in [0.25, 0.3) is 0 Å². The second kappa shape index (κ2) is 5.66. The summed E-state index contributed by atoms with van der Waals surface area (Å²) in [5.41, 5.74) is 1.79. The van der Waals surface area contributed by atoms with Gasteiger partial charge in [-0.15, -0.1) is 0 Å². The van der Waals surface area contributed by atoms with Crippen LogP contribution >= 0.6 is 0 Å². The molecule has 0 aromatic heterocycles. The molecule has 0 aliphatic carbocycles. The number of carbonyl (C=O) groups excluding carboxylic acids is 1. The Balaban J connectivity index is 1.98. The number of piperidine rings is 1. The van der Waals surface area contributed by atoms with Crippen LogP contribution in [0.25, 0.3) is 0 Å². The Morgan fingerprint density at radius 2 is 2.00 bits per heavy atom. The van der Waals surface area contributed by atoms with Gasteiger partial charge in [0.2, 0.25) is 15.9 Å². The van der Waals surface area contributed by atoms with Gasteiger partial charge in [0.1, 0.15) is 0 Å². The van der Waals surface area contributed by atoms with E-state index in [0.29, 0.717) is 18.0 Å². The zero-order valence-corrected chi connectivity index (χ0v) is 13.9. The second-order valence-electron chi connectivity index (χ2n) is 6.17. The fraction of sp³-hybridized carbons (Fsp3) is 0.562. The lowest BCUT2D eigenvalue weighted by molar-refractivity contribution is -0.116. The molecule has 2 heterocycles. The van der Waals surface area contributed by atoms with Gasteiger partial charge in [0, 0.05) is 31.7 Å². The van der Waals surface area contributed by atoms with Crippen LogP contribution in [0.1, 0.15) is 38.7 Å². The van der Waals surface area contributed by atoms with Gasteiger partial charge in [-0.1, -0.05) is 12.5 Å². The molecule has 3 rings (SSSR count). The van der Waals surface area contributed by atoms with Gasteiger partial charge in [-0.2, -0.15) is 4.31 Å². The quantitative estimate of drug-likeness (QED) is 0.838. The largest absolute Gasteiger partial charge is 0.312 e. The summed E-state index contributed by atoms with van der Waals surface area (Å²) in [5.74, 6) is -0.0420. The molecule has 0 saturated carbocycles. The predicted molar refractivity (Wildman–Crippen MR) is 85.4 cm³/mol. The summed E-state index contributed by atoms with van der Waals surface area (Å²) >= 11 is 0. The Kier molecular flexibility index (Phi) is 3.99. The van der Waals surface area contributed by atoms with Gasteiger partial charge in [-0.3, -0.25) is 4.79 Å². The molecule has 2 aliphatic rings. The lowest BCUT2D eigenvalue weighted by Gasteiger charge is -2.32. The molecule has 22 heavy (non-hydrogen) atoms. The number of rotatable bonds is 2. The Labute approximate surface area is 132 Å². The van der Waals surface area contributed by atoms with Gasteiger partial charge in [-0.05, 0) is 43.9 Å². The van der Waals surface area contributed by atoms with Crippen molar-refractivity contribution in [3.8, 4) is 0 Å². The Morgan fingerprint density at radius 3 is 2.68 bits per heavy atom. The van der Waals surface area contributed by atoms with Crippen molar-refractivity contribution in [2.75, 3.05) is 18.0 Å². The Bertz CT molecular complexity index is 699. The predicted octanol–water partition coefficient (Wildman–Crippen LogP) is 2.16. The van der Waals surface area contributed by atoms with Crippen LogP contribution in [0.4, 0.5) is 5.69 Å². The van der Waals surface area contributed by atoms with Crippen molar-refractivity contribution in [3.63, 3.8) is 0 Å². The van der Waals surface area contributed by atoms with Crippen molar-refractivity contribution in [3.05, 3.63) is 23.8 Å². The summed E-state index contributed by atoms with van der Waals surface area (Å²) in [7, 11) is -3.49. The lowest BCUT2D eigenvalue weighted by Crippen LogP contribution is -2.41. The van der Waals surface area contributed by atoms with Gasteiger partial charge < -0.3 is 4.90 Å². The monoisotopic (exact) mass is 322 g/mol. The van der Waals surface area contributed by atoms with Crippen LogP contribution in [0.5, 0.6) is 0 Å². The molecule has 1 fully saturated rings. The number of anilines is 1. The number of carbonyl (C=O) groups is 1. The third-order valence-corrected chi connectivity index (χ3v) is 6.69. The van der Waals surface area contributed by atoms with Crippen LogP contribution in [0.3, 0.4) is 0 Å². The van der Waals surface area contributed by atoms with Crippen LogP contribution in [0.15, 0.2) is 23.1 Å². The molecule has 0 radical (unpaired) electrons. The molecular weight excluding hydrogens is 300 g/mol. The average molecular weight is 322 g/mol. The van der Waals surface area contributed by atoms with Crippen molar-refractivity contribution in [1.82, 2.24) is 4.31 Å². The number of hydrogen-bond donors (Lipinski definition) is 0. The fourth-order valence-electron chi connectivity index (χ4n) is 3.41. The fourth-order valence-corrected chi connectivity index (χ4v) is 5.13. The molecule has 120 valence electrons. The molecule has 1 aromatic carbocycles. The SMILES string of the molecule is CC(=O)N1CCc2ccc(S(=O)(=O)N3CCCC[C@@H]3C)cc21. The Morgan fingerprint density at radius 1 is 1.23 bits per heavy atom. The van der Waals surface area contributed by atoms with Crippen molar-refractivity contribution in [1.29, 1.82) is 0 Å². The highest BCUT2D eigenvalue weighted by Gasteiger charge is 2.32. The van der Waals surface area contributed by atoms with Gasteiger partial charge in [0.15, 0.2) is 0 Å². The molecular formula is C16H22N2O3S. The maximum absolute atomic E-state index is 12.9. The molecule has 0 bridgehead atoms. The van der Waals surface area contributed by atoms with E-state index in [2.05, 4.69) is 0 Å². The van der Waals surface area contributed by atoms with Crippen molar-refractivity contribution < 1.29 is 13.2 Å². The van der Waals surface area contributed by atoms with Crippen molar-refractivity contribution in [2.45, 2.75) is 50.5 Å².